The maximum atomic E-state index is 10.3. The fourth-order valence-corrected chi connectivity index (χ4v) is 0.945. The second kappa shape index (κ2) is 4.38. The van der Waals surface area contributed by atoms with Crippen molar-refractivity contribution in [2.75, 3.05) is 12.8 Å². The number of hydrogen-bond donors (Lipinski definition) is 1. The summed E-state index contributed by atoms with van der Waals surface area (Å²) in [5, 5.41) is 2.76. The number of nitrogen functional groups attached to an aromatic ring is 1. The zero-order valence-corrected chi connectivity index (χ0v) is 7.69. The standard InChI is InChI=1S/C9H10N2O3/c1-6(14-13-2)7-3-4-8(10)9(5-7)11-12/h3-5H,1,10H2,2H3. The van der Waals surface area contributed by atoms with Gasteiger partial charge in [0.15, 0.2) is 5.76 Å². The van der Waals surface area contributed by atoms with Crippen molar-refractivity contribution in [2.45, 2.75) is 0 Å². The van der Waals surface area contributed by atoms with E-state index in [1.807, 2.05) is 0 Å². The molecule has 0 aliphatic rings. The van der Waals surface area contributed by atoms with Crippen LogP contribution in [-0.2, 0) is 9.78 Å². The van der Waals surface area contributed by atoms with Gasteiger partial charge in [0.1, 0.15) is 5.69 Å². The first kappa shape index (κ1) is 10.2. The van der Waals surface area contributed by atoms with Crippen molar-refractivity contribution in [3.05, 3.63) is 35.2 Å². The van der Waals surface area contributed by atoms with E-state index >= 15 is 0 Å². The van der Waals surface area contributed by atoms with Crippen LogP contribution in [0.1, 0.15) is 5.56 Å². The monoisotopic (exact) mass is 194 g/mol. The van der Waals surface area contributed by atoms with E-state index in [9.17, 15) is 4.91 Å². The summed E-state index contributed by atoms with van der Waals surface area (Å²) in [6.07, 6.45) is 0. The van der Waals surface area contributed by atoms with Gasteiger partial charge in [-0.2, -0.15) is 4.89 Å². The molecule has 2 N–H and O–H groups in total. The first-order chi connectivity index (χ1) is 6.69. The van der Waals surface area contributed by atoms with E-state index in [0.717, 1.165) is 0 Å². The van der Waals surface area contributed by atoms with Gasteiger partial charge in [-0.15, -0.1) is 4.91 Å². The lowest BCUT2D eigenvalue weighted by molar-refractivity contribution is -0.207. The second-order valence-corrected chi connectivity index (χ2v) is 2.54. The molecule has 0 atom stereocenters. The van der Waals surface area contributed by atoms with E-state index in [-0.39, 0.29) is 11.4 Å². The van der Waals surface area contributed by atoms with E-state index in [2.05, 4.69) is 21.5 Å². The van der Waals surface area contributed by atoms with Crippen molar-refractivity contribution in [3.8, 4) is 0 Å². The lowest BCUT2D eigenvalue weighted by atomic mass is 10.1. The Kier molecular flexibility index (Phi) is 3.19. The van der Waals surface area contributed by atoms with Crippen molar-refractivity contribution in [3.63, 3.8) is 0 Å². The molecule has 0 unspecified atom stereocenters. The molecule has 0 saturated heterocycles. The highest BCUT2D eigenvalue weighted by molar-refractivity contribution is 5.70. The number of nitrogens with two attached hydrogens (primary N) is 1. The van der Waals surface area contributed by atoms with Crippen molar-refractivity contribution in [1.82, 2.24) is 0 Å². The summed E-state index contributed by atoms with van der Waals surface area (Å²) in [5.74, 6) is 0.289. The minimum Gasteiger partial charge on any atom is -0.397 e. The average molecular weight is 194 g/mol. The van der Waals surface area contributed by atoms with E-state index in [0.29, 0.717) is 11.3 Å². The minimum absolute atomic E-state index is 0.156. The molecule has 0 spiro atoms. The van der Waals surface area contributed by atoms with Crippen molar-refractivity contribution < 1.29 is 9.78 Å². The third-order valence-electron chi connectivity index (χ3n) is 1.63. The molecule has 0 bridgehead atoms. The number of benzene rings is 1. The van der Waals surface area contributed by atoms with Gasteiger partial charge in [0.2, 0.25) is 0 Å². The Hall–Kier alpha value is -1.88. The Morgan fingerprint density at radius 2 is 2.29 bits per heavy atom. The Morgan fingerprint density at radius 1 is 1.57 bits per heavy atom. The number of nitrogens with zero attached hydrogens (tertiary/aromatic N) is 1. The predicted molar refractivity (Wildman–Crippen MR) is 53.4 cm³/mol. The van der Waals surface area contributed by atoms with Crippen LogP contribution in [0.25, 0.3) is 5.76 Å². The van der Waals surface area contributed by atoms with Crippen LogP contribution in [-0.4, -0.2) is 7.11 Å². The van der Waals surface area contributed by atoms with Crippen LogP contribution >= 0.6 is 0 Å². The Labute approximate surface area is 81.0 Å². The molecular weight excluding hydrogens is 184 g/mol. The van der Waals surface area contributed by atoms with E-state index in [1.54, 1.807) is 12.1 Å². The van der Waals surface area contributed by atoms with E-state index in [4.69, 9.17) is 5.73 Å². The van der Waals surface area contributed by atoms with Gasteiger partial charge in [-0.05, 0) is 23.4 Å². The van der Waals surface area contributed by atoms with Crippen LogP contribution in [0.3, 0.4) is 0 Å². The highest BCUT2D eigenvalue weighted by Crippen LogP contribution is 2.26. The SMILES string of the molecule is C=C(OOC)c1ccc(N)c(N=O)c1. The fraction of sp³-hybridized carbons (Fsp3) is 0.111. The minimum atomic E-state index is 0.156. The molecule has 0 heterocycles. The molecule has 0 amide bonds. The summed E-state index contributed by atoms with van der Waals surface area (Å²) in [7, 11) is 1.36. The van der Waals surface area contributed by atoms with Gasteiger partial charge in [0.05, 0.1) is 12.8 Å². The normalized spacial score (nSPS) is 9.50. The lowest BCUT2D eigenvalue weighted by Gasteiger charge is -2.05. The van der Waals surface area contributed by atoms with Gasteiger partial charge >= 0.3 is 0 Å². The first-order valence-corrected chi connectivity index (χ1v) is 3.82. The molecule has 0 radical (unpaired) electrons. The lowest BCUT2D eigenvalue weighted by Crippen LogP contribution is -1.91. The first-order valence-electron chi connectivity index (χ1n) is 3.82. The van der Waals surface area contributed by atoms with Crippen LogP contribution in [0.4, 0.5) is 11.4 Å². The van der Waals surface area contributed by atoms with Crippen LogP contribution in [0.2, 0.25) is 0 Å². The molecule has 5 nitrogen and oxygen atoms in total. The topological polar surface area (TPSA) is 73.9 Å². The molecule has 0 aliphatic carbocycles. The molecule has 1 aromatic rings. The quantitative estimate of drug-likeness (QED) is 0.262. The zero-order chi connectivity index (χ0) is 10.6. The van der Waals surface area contributed by atoms with Crippen LogP contribution < -0.4 is 5.73 Å². The van der Waals surface area contributed by atoms with Crippen molar-refractivity contribution in [2.24, 2.45) is 5.18 Å². The zero-order valence-electron chi connectivity index (χ0n) is 7.69. The fourth-order valence-electron chi connectivity index (χ4n) is 0.945. The van der Waals surface area contributed by atoms with Crippen LogP contribution in [0, 0.1) is 4.91 Å². The molecular formula is C9H10N2O3. The maximum Gasteiger partial charge on any atom is 0.165 e. The van der Waals surface area contributed by atoms with Gasteiger partial charge in [0, 0.05) is 5.56 Å². The molecule has 1 aromatic carbocycles. The second-order valence-electron chi connectivity index (χ2n) is 2.54. The number of nitroso groups, excluding NO2 is 1. The summed E-state index contributed by atoms with van der Waals surface area (Å²) < 4.78 is 0. The smallest absolute Gasteiger partial charge is 0.165 e. The summed E-state index contributed by atoms with van der Waals surface area (Å²) in [6, 6.07) is 4.69. The van der Waals surface area contributed by atoms with Gasteiger partial charge in [-0.1, -0.05) is 6.58 Å². The van der Waals surface area contributed by atoms with Gasteiger partial charge in [-0.3, -0.25) is 0 Å². The van der Waals surface area contributed by atoms with Crippen LogP contribution in [0.15, 0.2) is 30.0 Å². The Morgan fingerprint density at radius 3 is 2.86 bits per heavy atom. The summed E-state index contributed by atoms with van der Waals surface area (Å²) in [6.45, 7) is 3.59. The summed E-state index contributed by atoms with van der Waals surface area (Å²) >= 11 is 0. The molecule has 0 fully saturated rings. The Bertz CT molecular complexity index is 363. The number of anilines is 1. The largest absolute Gasteiger partial charge is 0.397 e. The highest BCUT2D eigenvalue weighted by Gasteiger charge is 2.05. The summed E-state index contributed by atoms with van der Waals surface area (Å²) in [4.78, 5) is 19.4. The molecule has 1 rings (SSSR count). The number of rotatable bonds is 4. The molecule has 14 heavy (non-hydrogen) atoms. The number of hydrogen-bond acceptors (Lipinski definition) is 5. The van der Waals surface area contributed by atoms with Gasteiger partial charge < -0.3 is 10.6 Å². The van der Waals surface area contributed by atoms with Crippen molar-refractivity contribution >= 4 is 17.1 Å². The third-order valence-corrected chi connectivity index (χ3v) is 1.63. The molecule has 74 valence electrons. The van der Waals surface area contributed by atoms with Crippen LogP contribution in [0.5, 0.6) is 0 Å². The molecule has 0 aromatic heterocycles. The highest BCUT2D eigenvalue weighted by atomic mass is 17.2. The molecule has 0 aliphatic heterocycles. The molecule has 0 saturated carbocycles. The van der Waals surface area contributed by atoms with Gasteiger partial charge in [-0.25, -0.2) is 0 Å². The van der Waals surface area contributed by atoms with E-state index in [1.165, 1.54) is 13.2 Å². The Balaban J connectivity index is 3.00. The van der Waals surface area contributed by atoms with Crippen molar-refractivity contribution in [1.29, 1.82) is 0 Å². The summed E-state index contributed by atoms with van der Waals surface area (Å²) in [5.41, 5.74) is 6.54. The average Bonchev–Trinajstić information content (AvgIpc) is 2.19. The van der Waals surface area contributed by atoms with Gasteiger partial charge in [0.25, 0.3) is 0 Å². The third kappa shape index (κ3) is 2.08. The maximum absolute atomic E-state index is 10.3. The van der Waals surface area contributed by atoms with E-state index < -0.39 is 0 Å². The molecule has 5 heteroatoms. The predicted octanol–water partition coefficient (Wildman–Crippen LogP) is 2.22.